The van der Waals surface area contributed by atoms with Gasteiger partial charge in [-0.15, -0.1) is 0 Å². The molecule has 0 unspecified atom stereocenters. The molecule has 0 aromatic heterocycles. The number of carbonyl (C=O) groups excluding carboxylic acids is 1. The number of benzene rings is 2. The Kier molecular flexibility index (Phi) is 4.73. The van der Waals surface area contributed by atoms with Crippen LogP contribution in [0.2, 0.25) is 0 Å². The molecule has 0 heterocycles. The van der Waals surface area contributed by atoms with Crippen LogP contribution in [-0.4, -0.2) is 6.29 Å². The van der Waals surface area contributed by atoms with Crippen molar-refractivity contribution < 1.29 is 9.53 Å². The first-order valence-electron chi connectivity index (χ1n) is 6.58. The summed E-state index contributed by atoms with van der Waals surface area (Å²) in [7, 11) is 0. The van der Waals surface area contributed by atoms with Crippen molar-refractivity contribution >= 4 is 6.29 Å². The number of ether oxygens (including phenoxy) is 1. The fourth-order valence-corrected chi connectivity index (χ4v) is 2.00. The Morgan fingerprint density at radius 2 is 1.84 bits per heavy atom. The van der Waals surface area contributed by atoms with Gasteiger partial charge in [0.15, 0.2) is 6.29 Å². The van der Waals surface area contributed by atoms with Crippen molar-refractivity contribution in [3.05, 3.63) is 65.2 Å². The third kappa shape index (κ3) is 3.68. The average molecular weight is 254 g/mol. The predicted octanol–water partition coefficient (Wildman–Crippen LogP) is 4.03. The molecular formula is C17H18O2. The minimum atomic E-state index is 0.481. The molecule has 0 amide bonds. The van der Waals surface area contributed by atoms with E-state index in [0.29, 0.717) is 17.9 Å². The molecule has 2 rings (SSSR count). The number of aryl methyl sites for hydroxylation is 1. The Hall–Kier alpha value is -2.09. The molecule has 98 valence electrons. The molecule has 0 atom stereocenters. The van der Waals surface area contributed by atoms with E-state index in [9.17, 15) is 4.79 Å². The smallest absolute Gasteiger partial charge is 0.153 e. The second kappa shape index (κ2) is 6.74. The quantitative estimate of drug-likeness (QED) is 0.727. The van der Waals surface area contributed by atoms with Crippen LogP contribution in [0.1, 0.15) is 34.8 Å². The maximum absolute atomic E-state index is 11.1. The summed E-state index contributed by atoms with van der Waals surface area (Å²) in [6.07, 6.45) is 2.92. The summed E-state index contributed by atoms with van der Waals surface area (Å²) in [5, 5.41) is 0. The Morgan fingerprint density at radius 1 is 1.05 bits per heavy atom. The monoisotopic (exact) mass is 254 g/mol. The number of carbonyl (C=O) groups is 1. The van der Waals surface area contributed by atoms with Gasteiger partial charge in [-0.1, -0.05) is 49.7 Å². The highest BCUT2D eigenvalue weighted by Crippen LogP contribution is 2.20. The first-order valence-corrected chi connectivity index (χ1v) is 6.58. The fourth-order valence-electron chi connectivity index (χ4n) is 2.00. The van der Waals surface area contributed by atoms with Gasteiger partial charge in [-0.3, -0.25) is 4.79 Å². The number of aldehydes is 1. The molecule has 2 aromatic rings. The molecule has 0 aliphatic rings. The number of hydrogen-bond acceptors (Lipinski definition) is 2. The standard InChI is InChI=1S/C17H18O2/c1-2-6-14-9-10-17(16(11-14)12-18)19-13-15-7-4-3-5-8-15/h3-5,7-12H,2,6,13H2,1H3. The Morgan fingerprint density at radius 3 is 2.53 bits per heavy atom. The molecule has 2 nitrogen and oxygen atoms in total. The third-order valence-corrected chi connectivity index (χ3v) is 2.98. The van der Waals surface area contributed by atoms with Crippen LogP contribution in [0.15, 0.2) is 48.5 Å². The molecule has 0 aliphatic heterocycles. The lowest BCUT2D eigenvalue weighted by Crippen LogP contribution is -1.99. The van der Waals surface area contributed by atoms with Gasteiger partial charge in [-0.25, -0.2) is 0 Å². The molecule has 2 aromatic carbocycles. The molecule has 0 aliphatic carbocycles. The van der Waals surface area contributed by atoms with E-state index in [1.165, 1.54) is 5.56 Å². The Bertz CT molecular complexity index is 532. The largest absolute Gasteiger partial charge is 0.488 e. The lowest BCUT2D eigenvalue weighted by Gasteiger charge is -2.10. The van der Waals surface area contributed by atoms with Gasteiger partial charge in [-0.05, 0) is 29.7 Å². The van der Waals surface area contributed by atoms with Gasteiger partial charge in [0.05, 0.1) is 5.56 Å². The summed E-state index contributed by atoms with van der Waals surface area (Å²) in [5.41, 5.74) is 2.90. The minimum absolute atomic E-state index is 0.481. The van der Waals surface area contributed by atoms with E-state index in [2.05, 4.69) is 6.92 Å². The van der Waals surface area contributed by atoms with Crippen molar-refractivity contribution in [2.24, 2.45) is 0 Å². The van der Waals surface area contributed by atoms with Crippen molar-refractivity contribution in [2.45, 2.75) is 26.4 Å². The summed E-state index contributed by atoms with van der Waals surface area (Å²) in [4.78, 5) is 11.1. The van der Waals surface area contributed by atoms with Crippen LogP contribution in [0.3, 0.4) is 0 Å². The van der Waals surface area contributed by atoms with Crippen molar-refractivity contribution in [2.75, 3.05) is 0 Å². The van der Waals surface area contributed by atoms with Crippen LogP contribution in [0.25, 0.3) is 0 Å². The second-order valence-corrected chi connectivity index (χ2v) is 4.51. The fraction of sp³-hybridized carbons (Fsp3) is 0.235. The van der Waals surface area contributed by atoms with Crippen molar-refractivity contribution in [3.8, 4) is 5.75 Å². The maximum Gasteiger partial charge on any atom is 0.153 e. The first-order chi connectivity index (χ1) is 9.33. The molecular weight excluding hydrogens is 236 g/mol. The second-order valence-electron chi connectivity index (χ2n) is 4.51. The number of hydrogen-bond donors (Lipinski definition) is 0. The molecule has 0 fully saturated rings. The van der Waals surface area contributed by atoms with Crippen molar-refractivity contribution in [1.82, 2.24) is 0 Å². The normalized spacial score (nSPS) is 10.2. The van der Waals surface area contributed by atoms with Crippen molar-refractivity contribution in [3.63, 3.8) is 0 Å². The van der Waals surface area contributed by atoms with E-state index in [1.54, 1.807) is 0 Å². The van der Waals surface area contributed by atoms with Crippen LogP contribution < -0.4 is 4.74 Å². The summed E-state index contributed by atoms with van der Waals surface area (Å²) in [6.45, 7) is 2.61. The van der Waals surface area contributed by atoms with E-state index in [4.69, 9.17) is 4.74 Å². The lowest BCUT2D eigenvalue weighted by molar-refractivity contribution is 0.111. The Balaban J connectivity index is 2.09. The van der Waals surface area contributed by atoms with Gasteiger partial charge in [0.25, 0.3) is 0 Å². The molecule has 19 heavy (non-hydrogen) atoms. The molecule has 0 saturated heterocycles. The number of rotatable bonds is 6. The maximum atomic E-state index is 11.1. The summed E-state index contributed by atoms with van der Waals surface area (Å²) >= 11 is 0. The molecule has 2 heteroatoms. The highest BCUT2D eigenvalue weighted by atomic mass is 16.5. The van der Waals surface area contributed by atoms with Crippen LogP contribution in [0.5, 0.6) is 5.75 Å². The molecule has 0 saturated carbocycles. The van der Waals surface area contributed by atoms with E-state index in [1.807, 2.05) is 48.5 Å². The SMILES string of the molecule is CCCc1ccc(OCc2ccccc2)c(C=O)c1. The van der Waals surface area contributed by atoms with E-state index in [0.717, 1.165) is 24.7 Å². The van der Waals surface area contributed by atoms with Crippen LogP contribution in [0, 0.1) is 0 Å². The zero-order chi connectivity index (χ0) is 13.5. The minimum Gasteiger partial charge on any atom is -0.488 e. The first kappa shape index (κ1) is 13.3. The molecule has 0 bridgehead atoms. The van der Waals surface area contributed by atoms with Gasteiger partial charge in [0, 0.05) is 0 Å². The highest BCUT2D eigenvalue weighted by Gasteiger charge is 2.04. The zero-order valence-corrected chi connectivity index (χ0v) is 11.1. The van der Waals surface area contributed by atoms with E-state index >= 15 is 0 Å². The van der Waals surface area contributed by atoms with Crippen LogP contribution in [-0.2, 0) is 13.0 Å². The highest BCUT2D eigenvalue weighted by molar-refractivity contribution is 5.79. The van der Waals surface area contributed by atoms with Crippen LogP contribution in [0.4, 0.5) is 0 Å². The van der Waals surface area contributed by atoms with Gasteiger partial charge >= 0.3 is 0 Å². The molecule has 0 spiro atoms. The third-order valence-electron chi connectivity index (χ3n) is 2.98. The summed E-state index contributed by atoms with van der Waals surface area (Å²) in [5.74, 6) is 0.652. The van der Waals surface area contributed by atoms with Crippen LogP contribution >= 0.6 is 0 Å². The Labute approximate surface area is 114 Å². The summed E-state index contributed by atoms with van der Waals surface area (Å²) < 4.78 is 5.72. The predicted molar refractivity (Wildman–Crippen MR) is 76.6 cm³/mol. The van der Waals surface area contributed by atoms with Gasteiger partial charge in [0.2, 0.25) is 0 Å². The lowest BCUT2D eigenvalue weighted by atomic mass is 10.1. The zero-order valence-electron chi connectivity index (χ0n) is 11.1. The van der Waals surface area contributed by atoms with Gasteiger partial charge in [0.1, 0.15) is 12.4 Å². The van der Waals surface area contributed by atoms with E-state index < -0.39 is 0 Å². The summed E-state index contributed by atoms with van der Waals surface area (Å²) in [6, 6.07) is 15.8. The average Bonchev–Trinajstić information content (AvgIpc) is 2.47. The van der Waals surface area contributed by atoms with Crippen molar-refractivity contribution in [1.29, 1.82) is 0 Å². The van der Waals surface area contributed by atoms with Gasteiger partial charge in [-0.2, -0.15) is 0 Å². The molecule has 0 radical (unpaired) electrons. The van der Waals surface area contributed by atoms with Gasteiger partial charge < -0.3 is 4.74 Å². The molecule has 0 N–H and O–H groups in total. The van der Waals surface area contributed by atoms with E-state index in [-0.39, 0.29) is 0 Å². The topological polar surface area (TPSA) is 26.3 Å².